The van der Waals surface area contributed by atoms with Gasteiger partial charge in [-0.3, -0.25) is 19.1 Å². The van der Waals surface area contributed by atoms with Gasteiger partial charge in [0.05, 0.1) is 17.1 Å². The Morgan fingerprint density at radius 1 is 1.25 bits per heavy atom. The fraction of sp³-hybridized carbons (Fsp3) is 0.667. The Balaban J connectivity index is 1.50. The van der Waals surface area contributed by atoms with Crippen molar-refractivity contribution >= 4 is 39.3 Å². The fourth-order valence-corrected chi connectivity index (χ4v) is 7.05. The van der Waals surface area contributed by atoms with Crippen LogP contribution >= 0.6 is 11.6 Å². The van der Waals surface area contributed by atoms with Crippen LogP contribution in [-0.2, 0) is 24.4 Å². The minimum atomic E-state index is -3.77. The Hall–Kier alpha value is -2.73. The summed E-state index contributed by atoms with van der Waals surface area (Å²) < 4.78 is 33.1. The number of halogens is 1. The molecular formula is C27H38ClN5O6S. The molecule has 11 nitrogen and oxygen atoms in total. The maximum atomic E-state index is 13.7. The summed E-state index contributed by atoms with van der Waals surface area (Å²) in [4.78, 5) is 50.0. The van der Waals surface area contributed by atoms with Crippen molar-refractivity contribution in [2.45, 2.75) is 81.6 Å². The first-order valence-corrected chi connectivity index (χ1v) is 15.8. The average Bonchev–Trinajstić information content (AvgIpc) is 3.83. The molecule has 0 unspecified atom stereocenters. The Bertz CT molecular complexity index is 1240. The van der Waals surface area contributed by atoms with Crippen LogP contribution in [0.15, 0.2) is 24.9 Å². The molecule has 220 valence electrons. The topological polar surface area (TPSA) is 148 Å². The van der Waals surface area contributed by atoms with Crippen molar-refractivity contribution in [3.8, 4) is 5.88 Å². The van der Waals surface area contributed by atoms with E-state index in [1.54, 1.807) is 18.0 Å². The molecule has 1 aromatic heterocycles. The number of carbonyl (C=O) groups excluding carboxylic acids is 3. The van der Waals surface area contributed by atoms with Gasteiger partial charge in [-0.2, -0.15) is 4.98 Å². The van der Waals surface area contributed by atoms with Crippen LogP contribution in [0.1, 0.15) is 64.7 Å². The summed E-state index contributed by atoms with van der Waals surface area (Å²) >= 11 is 5.89. The van der Waals surface area contributed by atoms with Gasteiger partial charge in [0.15, 0.2) is 0 Å². The third-order valence-corrected chi connectivity index (χ3v) is 10.1. The average molecular weight is 596 g/mol. The fourth-order valence-electron chi connectivity index (χ4n) is 5.54. The van der Waals surface area contributed by atoms with Gasteiger partial charge < -0.3 is 15.0 Å². The molecular weight excluding hydrogens is 558 g/mol. The van der Waals surface area contributed by atoms with Gasteiger partial charge in [-0.1, -0.05) is 19.4 Å². The number of allylic oxidation sites excluding steroid dienone is 1. The third kappa shape index (κ3) is 6.94. The summed E-state index contributed by atoms with van der Waals surface area (Å²) in [5.74, 6) is -2.74. The van der Waals surface area contributed by atoms with Gasteiger partial charge in [-0.25, -0.2) is 13.4 Å². The van der Waals surface area contributed by atoms with Gasteiger partial charge in [0.1, 0.15) is 11.6 Å². The summed E-state index contributed by atoms with van der Waals surface area (Å²) in [6.07, 6.45) is 7.83. The molecule has 4 rings (SSSR count). The zero-order chi connectivity index (χ0) is 29.1. The number of carbonyl (C=O) groups is 3. The van der Waals surface area contributed by atoms with E-state index >= 15 is 0 Å². The van der Waals surface area contributed by atoms with E-state index in [1.807, 2.05) is 13.0 Å². The first-order valence-electron chi connectivity index (χ1n) is 13.9. The highest BCUT2D eigenvalue weighted by Gasteiger charge is 2.62. The zero-order valence-corrected chi connectivity index (χ0v) is 24.5. The molecule has 3 aliphatic carbocycles. The number of sulfonamides is 1. The van der Waals surface area contributed by atoms with Gasteiger partial charge in [0.25, 0.3) is 5.91 Å². The molecule has 13 heteroatoms. The van der Waals surface area contributed by atoms with Crippen LogP contribution < -0.4 is 14.8 Å². The lowest BCUT2D eigenvalue weighted by Crippen LogP contribution is -2.54. The lowest BCUT2D eigenvalue weighted by atomic mass is 9.93. The zero-order valence-electron chi connectivity index (χ0n) is 23.0. The largest absolute Gasteiger partial charge is 0.474 e. The minimum Gasteiger partial charge on any atom is -0.474 e. The lowest BCUT2D eigenvalue weighted by Gasteiger charge is -2.26. The molecule has 0 saturated heterocycles. The van der Waals surface area contributed by atoms with E-state index in [4.69, 9.17) is 16.3 Å². The monoisotopic (exact) mass is 595 g/mol. The number of amides is 3. The number of ether oxygens (including phenoxy) is 1. The molecule has 1 aromatic rings. The second-order valence-electron chi connectivity index (χ2n) is 11.1. The maximum absolute atomic E-state index is 13.7. The highest BCUT2D eigenvalue weighted by Crippen LogP contribution is 2.47. The molecule has 40 heavy (non-hydrogen) atoms. The highest BCUT2D eigenvalue weighted by atomic mass is 35.5. The Labute approximate surface area is 240 Å². The molecule has 0 bridgehead atoms. The van der Waals surface area contributed by atoms with E-state index in [2.05, 4.69) is 26.6 Å². The number of nitrogens with zero attached hydrogens (tertiary/aromatic N) is 3. The predicted octanol–water partition coefficient (Wildman–Crippen LogP) is 2.61. The normalized spacial score (nSPS) is 27.5. The van der Waals surface area contributed by atoms with Crippen LogP contribution in [0.25, 0.3) is 0 Å². The minimum absolute atomic E-state index is 0.0186. The van der Waals surface area contributed by atoms with Crippen molar-refractivity contribution < 1.29 is 27.5 Å². The van der Waals surface area contributed by atoms with Gasteiger partial charge in [0.2, 0.25) is 33.0 Å². The highest BCUT2D eigenvalue weighted by molar-refractivity contribution is 7.91. The van der Waals surface area contributed by atoms with Gasteiger partial charge in [-0.05, 0) is 68.9 Å². The quantitative estimate of drug-likeness (QED) is 0.189. The smallest absolute Gasteiger partial charge is 0.259 e. The van der Waals surface area contributed by atoms with E-state index in [1.165, 1.54) is 6.20 Å². The van der Waals surface area contributed by atoms with E-state index in [0.29, 0.717) is 32.2 Å². The number of nitrogens with one attached hydrogen (secondary N) is 2. The van der Waals surface area contributed by atoms with E-state index < -0.39 is 50.6 Å². The van der Waals surface area contributed by atoms with Crippen molar-refractivity contribution in [2.24, 2.45) is 17.8 Å². The molecule has 0 spiro atoms. The van der Waals surface area contributed by atoms with E-state index in [-0.39, 0.29) is 35.8 Å². The number of hydrogen-bond acceptors (Lipinski definition) is 8. The third-order valence-electron chi connectivity index (χ3n) is 8.14. The van der Waals surface area contributed by atoms with Crippen LogP contribution in [0.5, 0.6) is 5.88 Å². The van der Waals surface area contributed by atoms with Gasteiger partial charge >= 0.3 is 0 Å². The number of hydrogen-bond donors (Lipinski definition) is 2. The van der Waals surface area contributed by atoms with Crippen LogP contribution in [0.3, 0.4) is 0 Å². The summed E-state index contributed by atoms with van der Waals surface area (Å²) in [5.41, 5.74) is -1.31. The van der Waals surface area contributed by atoms with Gasteiger partial charge in [0, 0.05) is 25.9 Å². The van der Waals surface area contributed by atoms with Gasteiger partial charge in [-0.15, -0.1) is 6.58 Å². The summed E-state index contributed by atoms with van der Waals surface area (Å²) in [5, 5.41) is 2.33. The summed E-state index contributed by atoms with van der Waals surface area (Å²) in [7, 11) is -2.05. The second kappa shape index (κ2) is 12.4. The van der Waals surface area contributed by atoms with Crippen molar-refractivity contribution in [1.29, 1.82) is 0 Å². The van der Waals surface area contributed by atoms with Crippen LogP contribution in [0.4, 0.5) is 0 Å². The molecule has 3 saturated carbocycles. The summed E-state index contributed by atoms with van der Waals surface area (Å²) in [6, 6.07) is 1.55. The molecule has 0 aromatic carbocycles. The molecule has 5 atom stereocenters. The van der Waals surface area contributed by atoms with Crippen molar-refractivity contribution in [1.82, 2.24) is 24.9 Å². The van der Waals surface area contributed by atoms with Crippen LogP contribution in [0.2, 0.25) is 5.28 Å². The van der Waals surface area contributed by atoms with Crippen LogP contribution in [0, 0.1) is 17.8 Å². The molecule has 2 N–H and O–H groups in total. The van der Waals surface area contributed by atoms with Crippen molar-refractivity contribution in [3.63, 3.8) is 0 Å². The van der Waals surface area contributed by atoms with Crippen LogP contribution in [-0.4, -0.2) is 71.5 Å². The summed E-state index contributed by atoms with van der Waals surface area (Å²) in [6.45, 7) is 6.15. The van der Waals surface area contributed by atoms with E-state index in [9.17, 15) is 22.8 Å². The number of rotatable bonds is 14. The molecule has 3 aliphatic rings. The predicted molar refractivity (Wildman–Crippen MR) is 149 cm³/mol. The number of aromatic nitrogens is 2. The number of unbranched alkanes of at least 4 members (excludes halogenated alkanes) is 2. The standard InChI is InChI=1S/C27H38ClN5O6S/c1-4-6-7-8-13-33(3)24(35)21-15-18(39-22-11-12-29-26(28)30-22)14-20(21)23(34)31-27(16-17(27)5-2)25(36)32-40(37,38)19-9-10-19/h4,11-12,17-21H,1,5-10,13-16H2,2-3H3,(H,31,34)(H,32,36)/t17-,18-,20-,21-,27-/m1/s1. The first kappa shape index (κ1) is 30.2. The Morgan fingerprint density at radius 3 is 2.60 bits per heavy atom. The van der Waals surface area contributed by atoms with Crippen molar-refractivity contribution in [2.75, 3.05) is 13.6 Å². The molecule has 0 radical (unpaired) electrons. The molecule has 3 amide bonds. The SMILES string of the molecule is C=CCCCCN(C)C(=O)[C@@H]1C[C@H](Oc2ccnc(Cl)n2)C[C@H]1C(=O)N[C@]1(C(=O)NS(=O)(=O)C2CC2)C[C@H]1CC. The molecule has 0 aliphatic heterocycles. The van der Waals surface area contributed by atoms with Crippen molar-refractivity contribution in [3.05, 3.63) is 30.2 Å². The van der Waals surface area contributed by atoms with E-state index in [0.717, 1.165) is 19.3 Å². The maximum Gasteiger partial charge on any atom is 0.259 e. The second-order valence-corrected chi connectivity index (χ2v) is 13.4. The lowest BCUT2D eigenvalue weighted by molar-refractivity contribution is -0.140. The molecule has 3 fully saturated rings. The Kier molecular flexibility index (Phi) is 9.39. The Morgan fingerprint density at radius 2 is 1.98 bits per heavy atom. The first-order chi connectivity index (χ1) is 19.0. The molecule has 1 heterocycles.